The highest BCUT2D eigenvalue weighted by atomic mass is 19.3. The van der Waals surface area contributed by atoms with Gasteiger partial charge in [-0.25, -0.2) is 13.6 Å². The van der Waals surface area contributed by atoms with Crippen LogP contribution in [0.4, 0.5) is 13.3 Å². The van der Waals surface area contributed by atoms with Gasteiger partial charge in [0.2, 0.25) is 5.92 Å². The van der Waals surface area contributed by atoms with E-state index in [9.17, 15) is 18.1 Å². The summed E-state index contributed by atoms with van der Waals surface area (Å²) in [7, 11) is 0. The van der Waals surface area contributed by atoms with Crippen molar-refractivity contribution < 1.29 is 23.0 Å². The molecule has 5 heteroatoms. The summed E-state index contributed by atoms with van der Waals surface area (Å²) in [5, 5.41) is 0. The molecule has 11 heavy (non-hydrogen) atoms. The first-order chi connectivity index (χ1) is 5.02. The molecule has 0 atom stereocenters. The summed E-state index contributed by atoms with van der Waals surface area (Å²) in [6, 6.07) is 0. The first-order valence-electron chi connectivity index (χ1n) is 3.21. The zero-order valence-corrected chi connectivity index (χ0v) is 6.07. The van der Waals surface area contributed by atoms with E-state index in [0.29, 0.717) is 0 Å². The molecule has 0 saturated heterocycles. The fourth-order valence-electron chi connectivity index (χ4n) is 0.500. The van der Waals surface area contributed by atoms with E-state index in [2.05, 4.69) is 4.94 Å². The number of rotatable bonds is 4. The highest BCUT2D eigenvalue weighted by Gasteiger charge is 2.27. The maximum atomic E-state index is 12.3. The quantitative estimate of drug-likeness (QED) is 0.646. The number of hydrogen-bond donors (Lipinski definition) is 0. The van der Waals surface area contributed by atoms with E-state index in [1.54, 1.807) is 0 Å². The van der Waals surface area contributed by atoms with E-state index in [1.165, 1.54) is 6.92 Å². The van der Waals surface area contributed by atoms with Gasteiger partial charge in [0, 0.05) is 17.4 Å². The monoisotopic (exact) mass is 170 g/mol. The van der Waals surface area contributed by atoms with E-state index in [-0.39, 0.29) is 6.42 Å². The molecule has 0 heterocycles. The van der Waals surface area contributed by atoms with Crippen LogP contribution in [0.15, 0.2) is 0 Å². The van der Waals surface area contributed by atoms with Gasteiger partial charge in [-0.15, -0.1) is 0 Å². The lowest BCUT2D eigenvalue weighted by Crippen LogP contribution is -2.16. The molecular weight excluding hydrogens is 161 g/mol. The number of hydrogen-bond acceptors (Lipinski definition) is 2. The molecule has 0 fully saturated rings. The van der Waals surface area contributed by atoms with Crippen LogP contribution in [-0.2, 0) is 9.74 Å². The molecule has 0 spiro atoms. The van der Waals surface area contributed by atoms with Crippen LogP contribution in [-0.4, -0.2) is 11.9 Å². The SMILES string of the molecule is CCC(F)(F)CCC(=O)OF. The normalized spacial score (nSPS) is 11.3. The van der Waals surface area contributed by atoms with E-state index in [0.717, 1.165) is 0 Å². The van der Waals surface area contributed by atoms with Crippen LogP contribution < -0.4 is 0 Å². The van der Waals surface area contributed by atoms with Crippen molar-refractivity contribution in [3.8, 4) is 0 Å². The first kappa shape index (κ1) is 10.3. The summed E-state index contributed by atoms with van der Waals surface area (Å²) in [6.45, 7) is 1.29. The fraction of sp³-hybridized carbons (Fsp3) is 0.833. The predicted octanol–water partition coefficient (Wildman–Crippen LogP) is 2.24. The van der Waals surface area contributed by atoms with Gasteiger partial charge in [-0.1, -0.05) is 6.92 Å². The van der Waals surface area contributed by atoms with Crippen molar-refractivity contribution in [2.24, 2.45) is 0 Å². The largest absolute Gasteiger partial charge is 0.349 e. The third-order valence-corrected chi connectivity index (χ3v) is 1.30. The molecule has 0 aromatic rings. The highest BCUT2D eigenvalue weighted by molar-refractivity contribution is 5.68. The third kappa shape index (κ3) is 4.64. The Labute approximate surface area is 62.2 Å². The lowest BCUT2D eigenvalue weighted by molar-refractivity contribution is -0.185. The zero-order valence-electron chi connectivity index (χ0n) is 6.07. The average Bonchev–Trinajstić information content (AvgIpc) is 2.00. The third-order valence-electron chi connectivity index (χ3n) is 1.30. The summed E-state index contributed by atoms with van der Waals surface area (Å²) in [4.78, 5) is 12.8. The second kappa shape index (κ2) is 4.20. The molecule has 0 amide bonds. The van der Waals surface area contributed by atoms with Crippen LogP contribution in [0.2, 0.25) is 0 Å². The van der Waals surface area contributed by atoms with Gasteiger partial charge in [0.1, 0.15) is 0 Å². The Hall–Kier alpha value is -0.740. The van der Waals surface area contributed by atoms with Gasteiger partial charge in [0.15, 0.2) is 0 Å². The molecule has 0 saturated carbocycles. The van der Waals surface area contributed by atoms with Gasteiger partial charge >= 0.3 is 5.97 Å². The van der Waals surface area contributed by atoms with E-state index in [4.69, 9.17) is 0 Å². The van der Waals surface area contributed by atoms with Crippen LogP contribution in [0, 0.1) is 0 Å². The Morgan fingerprint density at radius 3 is 2.45 bits per heavy atom. The molecule has 0 N–H and O–H groups in total. The van der Waals surface area contributed by atoms with Crippen LogP contribution >= 0.6 is 0 Å². The van der Waals surface area contributed by atoms with Gasteiger partial charge < -0.3 is 0 Å². The number of carbonyl (C=O) groups is 1. The van der Waals surface area contributed by atoms with Crippen LogP contribution in [0.5, 0.6) is 0 Å². The molecule has 0 radical (unpaired) electrons. The van der Waals surface area contributed by atoms with Crippen molar-refractivity contribution in [1.29, 1.82) is 0 Å². The Bertz CT molecular complexity index is 136. The number of halogens is 3. The first-order valence-corrected chi connectivity index (χ1v) is 3.21. The van der Waals surface area contributed by atoms with Gasteiger partial charge in [-0.05, 0) is 0 Å². The topological polar surface area (TPSA) is 26.3 Å². The molecule has 2 nitrogen and oxygen atoms in total. The minimum absolute atomic E-state index is 0.355. The Morgan fingerprint density at radius 1 is 1.55 bits per heavy atom. The summed E-state index contributed by atoms with van der Waals surface area (Å²) in [5.74, 6) is -4.15. The highest BCUT2D eigenvalue weighted by Crippen LogP contribution is 2.23. The molecule has 0 rings (SSSR count). The van der Waals surface area contributed by atoms with E-state index in [1.807, 2.05) is 0 Å². The van der Waals surface area contributed by atoms with Crippen LogP contribution in [0.1, 0.15) is 26.2 Å². The molecule has 66 valence electrons. The average molecular weight is 170 g/mol. The summed E-state index contributed by atoms with van der Waals surface area (Å²) in [5.41, 5.74) is 0. The molecular formula is C6H9F3O2. The van der Waals surface area contributed by atoms with Crippen molar-refractivity contribution >= 4 is 5.97 Å². The Kier molecular flexibility index (Phi) is 3.92. The molecule has 0 aliphatic rings. The van der Waals surface area contributed by atoms with Crippen LogP contribution in [0.3, 0.4) is 0 Å². The molecule has 0 unspecified atom stereocenters. The molecule has 0 bridgehead atoms. The van der Waals surface area contributed by atoms with Gasteiger partial charge in [-0.3, -0.25) is 4.94 Å². The number of carbonyl (C=O) groups excluding carboxylic acids is 1. The van der Waals surface area contributed by atoms with Gasteiger partial charge in [-0.2, -0.15) is 0 Å². The molecule has 0 aliphatic heterocycles. The van der Waals surface area contributed by atoms with Crippen molar-refractivity contribution in [3.63, 3.8) is 0 Å². The minimum atomic E-state index is -2.89. The summed E-state index contributed by atoms with van der Waals surface area (Å²) in [6.07, 6.45) is -1.60. The fourth-order valence-corrected chi connectivity index (χ4v) is 0.500. The molecule has 0 aliphatic carbocycles. The second-order valence-electron chi connectivity index (χ2n) is 2.16. The molecule has 0 aromatic carbocycles. The Balaban J connectivity index is 3.61. The Morgan fingerprint density at radius 2 is 2.09 bits per heavy atom. The van der Waals surface area contributed by atoms with Crippen molar-refractivity contribution in [3.05, 3.63) is 0 Å². The molecule has 0 aromatic heterocycles. The van der Waals surface area contributed by atoms with Crippen molar-refractivity contribution in [2.45, 2.75) is 32.1 Å². The maximum absolute atomic E-state index is 12.3. The predicted molar refractivity (Wildman–Crippen MR) is 31.7 cm³/mol. The smallest absolute Gasteiger partial charge is 0.255 e. The second-order valence-corrected chi connectivity index (χ2v) is 2.16. The summed E-state index contributed by atoms with van der Waals surface area (Å²) < 4.78 is 35.6. The standard InChI is InChI=1S/C6H9F3O2/c1-2-6(7,8)4-3-5(10)11-9/h2-4H2,1H3. The lowest BCUT2D eigenvalue weighted by Gasteiger charge is -2.11. The van der Waals surface area contributed by atoms with Gasteiger partial charge in [0.05, 0.1) is 6.42 Å². The van der Waals surface area contributed by atoms with Crippen molar-refractivity contribution in [1.82, 2.24) is 0 Å². The van der Waals surface area contributed by atoms with Gasteiger partial charge in [0.25, 0.3) is 0 Å². The number of alkyl halides is 2. The van der Waals surface area contributed by atoms with Crippen molar-refractivity contribution in [2.75, 3.05) is 0 Å². The zero-order chi connectivity index (χ0) is 8.91. The lowest BCUT2D eigenvalue weighted by atomic mass is 10.1. The van der Waals surface area contributed by atoms with E-state index < -0.39 is 24.7 Å². The minimum Gasteiger partial charge on any atom is -0.255 e. The van der Waals surface area contributed by atoms with E-state index >= 15 is 0 Å². The maximum Gasteiger partial charge on any atom is 0.349 e. The van der Waals surface area contributed by atoms with Crippen LogP contribution in [0.25, 0.3) is 0 Å². The summed E-state index contributed by atoms with van der Waals surface area (Å²) >= 11 is 0.